The van der Waals surface area contributed by atoms with Crippen LogP contribution in [-0.2, 0) is 15.1 Å². The van der Waals surface area contributed by atoms with Crippen molar-refractivity contribution in [1.29, 1.82) is 0 Å². The molecule has 0 aliphatic carbocycles. The van der Waals surface area contributed by atoms with Crippen molar-refractivity contribution in [1.82, 2.24) is 14.7 Å². The fourth-order valence-corrected chi connectivity index (χ4v) is 4.04. The predicted octanol–water partition coefficient (Wildman–Crippen LogP) is 3.29. The lowest BCUT2D eigenvalue weighted by Gasteiger charge is -2.16. The van der Waals surface area contributed by atoms with Crippen LogP contribution in [-0.4, -0.2) is 37.4 Å². The molecule has 3 aromatic rings. The number of carbonyl (C=O) groups excluding carboxylic acids is 1. The van der Waals surface area contributed by atoms with Gasteiger partial charge in [-0.2, -0.15) is 8.42 Å². The normalized spacial score (nSPS) is 12.4. The summed E-state index contributed by atoms with van der Waals surface area (Å²) in [6.07, 6.45) is 1.57. The van der Waals surface area contributed by atoms with Gasteiger partial charge < -0.3 is 20.0 Å². The number of anilines is 2. The van der Waals surface area contributed by atoms with E-state index in [0.717, 1.165) is 0 Å². The van der Waals surface area contributed by atoms with E-state index in [0.29, 0.717) is 23.0 Å². The highest BCUT2D eigenvalue weighted by molar-refractivity contribution is 7.85. The van der Waals surface area contributed by atoms with Gasteiger partial charge in [0.1, 0.15) is 18.0 Å². The Bertz CT molecular complexity index is 1320. The number of aromatic nitrogens is 2. The van der Waals surface area contributed by atoms with E-state index in [1.807, 2.05) is 18.6 Å². The Morgan fingerprint density at radius 3 is 2.59 bits per heavy atom. The maximum absolute atomic E-state index is 13.5. The van der Waals surface area contributed by atoms with E-state index >= 15 is 0 Å². The van der Waals surface area contributed by atoms with Gasteiger partial charge in [0.25, 0.3) is 5.91 Å². The molecule has 3 rings (SSSR count). The predicted molar refractivity (Wildman–Crippen MR) is 126 cm³/mol. The number of hydrogen-bond acceptors (Lipinski definition) is 9. The van der Waals surface area contributed by atoms with Crippen LogP contribution < -0.4 is 24.7 Å². The van der Waals surface area contributed by atoms with Crippen molar-refractivity contribution in [3.63, 3.8) is 0 Å². The molecule has 0 bridgehead atoms. The summed E-state index contributed by atoms with van der Waals surface area (Å²) in [4.78, 5) is 20.5. The van der Waals surface area contributed by atoms with E-state index in [4.69, 9.17) is 26.3 Å². The summed E-state index contributed by atoms with van der Waals surface area (Å²) < 4.78 is 50.6. The number of nitrogens with two attached hydrogens (primary N) is 1. The molecule has 34 heavy (non-hydrogen) atoms. The molecule has 0 radical (unpaired) electrons. The molecule has 0 saturated carbocycles. The number of rotatable bonds is 9. The van der Waals surface area contributed by atoms with E-state index in [2.05, 4.69) is 15.3 Å². The lowest BCUT2D eigenvalue weighted by Crippen LogP contribution is -2.45. The molecule has 13 heteroatoms. The summed E-state index contributed by atoms with van der Waals surface area (Å²) in [6, 6.07) is 5.76. The van der Waals surface area contributed by atoms with Crippen LogP contribution in [0.15, 0.2) is 36.7 Å². The van der Waals surface area contributed by atoms with Gasteiger partial charge in [-0.3, -0.25) is 4.79 Å². The maximum atomic E-state index is 13.5. The Kier molecular flexibility index (Phi) is 7.75. The molecule has 1 atom stereocenters. The highest BCUT2D eigenvalue weighted by Crippen LogP contribution is 2.35. The molecular formula is C21H23ClFN5O5S. The van der Waals surface area contributed by atoms with Crippen molar-refractivity contribution in [2.24, 2.45) is 11.7 Å². The number of methoxy groups -OCH3 is 1. The zero-order valence-electron chi connectivity index (χ0n) is 18.5. The number of nitrogens with zero attached hydrogens (tertiary/aromatic N) is 2. The van der Waals surface area contributed by atoms with Gasteiger partial charge in [0.2, 0.25) is 0 Å². The quantitative estimate of drug-likeness (QED) is 0.394. The number of halogens is 2. The summed E-state index contributed by atoms with van der Waals surface area (Å²) >= 11 is 5.83. The first-order valence-electron chi connectivity index (χ1n) is 10.1. The van der Waals surface area contributed by atoms with E-state index in [1.54, 1.807) is 0 Å². The molecule has 4 N–H and O–H groups in total. The second-order valence-corrected chi connectivity index (χ2v) is 9.42. The minimum Gasteiger partial charge on any atom is -0.493 e. The van der Waals surface area contributed by atoms with Crippen molar-refractivity contribution in [2.45, 2.75) is 26.3 Å². The zero-order valence-corrected chi connectivity index (χ0v) is 20.1. The minimum atomic E-state index is -4.58. The Hall–Kier alpha value is -3.22. The number of nitrogens with one attached hydrogen (secondary N) is 2. The molecule has 0 unspecified atom stereocenters. The van der Waals surface area contributed by atoms with Crippen LogP contribution in [0.4, 0.5) is 15.9 Å². The molecule has 1 amide bonds. The minimum absolute atomic E-state index is 0.0475. The zero-order chi connectivity index (χ0) is 25.0. The largest absolute Gasteiger partial charge is 0.493 e. The van der Waals surface area contributed by atoms with E-state index in [9.17, 15) is 17.6 Å². The standard InChI is InChI=1S/C21H23ClFN5O5S/c1-11(2)6-16(24)21(29)28-34(30,31)33-19-8-13-17(9-18(19)32-3)25-10-26-20(13)27-12-4-5-15(23)14(22)7-12/h4-5,7-11,16H,6,24H2,1-3H3,(H,28,29)(H,25,26,27)/t16-/m0/s1. The van der Waals surface area contributed by atoms with Crippen molar-refractivity contribution in [2.75, 3.05) is 12.4 Å². The van der Waals surface area contributed by atoms with Crippen LogP contribution in [0.3, 0.4) is 0 Å². The summed E-state index contributed by atoms with van der Waals surface area (Å²) in [5, 5.41) is 3.24. The fraction of sp³-hybridized carbons (Fsp3) is 0.286. The summed E-state index contributed by atoms with van der Waals surface area (Å²) in [7, 11) is -3.26. The maximum Gasteiger partial charge on any atom is 0.409 e. The van der Waals surface area contributed by atoms with Gasteiger partial charge in [0.05, 0.1) is 23.7 Å². The lowest BCUT2D eigenvalue weighted by molar-refractivity contribution is -0.121. The molecular weight excluding hydrogens is 489 g/mol. The second kappa shape index (κ2) is 10.4. The third-order valence-corrected chi connectivity index (χ3v) is 5.73. The number of benzene rings is 2. The molecule has 0 spiro atoms. The monoisotopic (exact) mass is 511 g/mol. The van der Waals surface area contributed by atoms with Gasteiger partial charge in [-0.25, -0.2) is 19.1 Å². The van der Waals surface area contributed by atoms with E-state index in [-0.39, 0.29) is 28.3 Å². The Labute approximate surface area is 200 Å². The summed E-state index contributed by atoms with van der Waals surface area (Å²) in [5.41, 5.74) is 6.58. The van der Waals surface area contributed by atoms with Gasteiger partial charge in [-0.1, -0.05) is 25.4 Å². The van der Waals surface area contributed by atoms with Crippen LogP contribution in [0.25, 0.3) is 10.9 Å². The van der Waals surface area contributed by atoms with Crippen LogP contribution in [0.2, 0.25) is 5.02 Å². The SMILES string of the molecule is COc1cc2ncnc(Nc3ccc(F)c(Cl)c3)c2cc1OS(=O)(=O)NC(=O)[C@@H](N)CC(C)C. The number of amides is 1. The Morgan fingerprint density at radius 1 is 1.21 bits per heavy atom. The van der Waals surface area contributed by atoms with Crippen molar-refractivity contribution < 1.29 is 26.5 Å². The molecule has 2 aromatic carbocycles. The molecule has 0 aliphatic rings. The molecule has 0 fully saturated rings. The van der Waals surface area contributed by atoms with Crippen molar-refractivity contribution in [3.05, 3.63) is 47.5 Å². The first-order chi connectivity index (χ1) is 16.0. The van der Waals surface area contributed by atoms with Gasteiger partial charge in [-0.15, -0.1) is 0 Å². The van der Waals surface area contributed by atoms with Crippen LogP contribution >= 0.6 is 11.6 Å². The molecule has 182 valence electrons. The van der Waals surface area contributed by atoms with Gasteiger partial charge in [0, 0.05) is 17.1 Å². The van der Waals surface area contributed by atoms with Gasteiger partial charge in [0.15, 0.2) is 11.5 Å². The molecule has 1 aromatic heterocycles. The number of hydrogen-bond donors (Lipinski definition) is 3. The number of ether oxygens (including phenoxy) is 1. The second-order valence-electron chi connectivity index (χ2n) is 7.74. The third kappa shape index (κ3) is 6.22. The smallest absolute Gasteiger partial charge is 0.409 e. The van der Waals surface area contributed by atoms with Crippen LogP contribution in [0.1, 0.15) is 20.3 Å². The lowest BCUT2D eigenvalue weighted by atomic mass is 10.0. The average molecular weight is 512 g/mol. The number of fused-ring (bicyclic) bond motifs is 1. The first kappa shape index (κ1) is 25.4. The van der Waals surface area contributed by atoms with E-state index < -0.39 is 28.1 Å². The number of carbonyl (C=O) groups is 1. The topological polar surface area (TPSA) is 146 Å². The fourth-order valence-electron chi connectivity index (χ4n) is 3.05. The highest BCUT2D eigenvalue weighted by atomic mass is 35.5. The first-order valence-corrected chi connectivity index (χ1v) is 11.8. The molecule has 0 aliphatic heterocycles. The van der Waals surface area contributed by atoms with Crippen LogP contribution in [0, 0.1) is 11.7 Å². The molecule has 1 heterocycles. The van der Waals surface area contributed by atoms with Gasteiger partial charge >= 0.3 is 10.3 Å². The third-order valence-electron chi connectivity index (χ3n) is 4.59. The summed E-state index contributed by atoms with van der Waals surface area (Å²) in [6.45, 7) is 3.71. The molecule has 10 nitrogen and oxygen atoms in total. The Balaban J connectivity index is 1.93. The van der Waals surface area contributed by atoms with Crippen molar-refractivity contribution >= 4 is 50.2 Å². The molecule has 0 saturated heterocycles. The van der Waals surface area contributed by atoms with Crippen LogP contribution in [0.5, 0.6) is 11.5 Å². The average Bonchev–Trinajstić information content (AvgIpc) is 2.75. The van der Waals surface area contributed by atoms with Gasteiger partial charge in [-0.05, 0) is 36.6 Å². The summed E-state index contributed by atoms with van der Waals surface area (Å²) in [5.74, 6) is -1.30. The van der Waals surface area contributed by atoms with E-state index in [1.165, 1.54) is 43.8 Å². The Morgan fingerprint density at radius 2 is 1.94 bits per heavy atom. The van der Waals surface area contributed by atoms with Crippen molar-refractivity contribution in [3.8, 4) is 11.5 Å². The highest BCUT2D eigenvalue weighted by Gasteiger charge is 2.24.